The van der Waals surface area contributed by atoms with Gasteiger partial charge in [-0.1, -0.05) is 11.6 Å². The molecule has 0 spiro atoms. The summed E-state index contributed by atoms with van der Waals surface area (Å²) >= 11 is 10.8. The molecule has 0 amide bonds. The molecule has 3 aromatic rings. The summed E-state index contributed by atoms with van der Waals surface area (Å²) in [6, 6.07) is 3.35. The van der Waals surface area contributed by atoms with Crippen LogP contribution in [-0.2, 0) is 0 Å². The quantitative estimate of drug-likeness (QED) is 0.672. The molecule has 3 rings (SSSR count). The highest BCUT2D eigenvalue weighted by Gasteiger charge is 2.19. The maximum Gasteiger partial charge on any atom is 0.323 e. The number of carbonyl (C=O) groups excluding carboxylic acids is 1. The molecule has 4 nitrogen and oxygen atoms in total. The summed E-state index contributed by atoms with van der Waals surface area (Å²) in [6.45, 7) is 1.86. The average molecular weight is 372 g/mol. The second kappa shape index (κ2) is 4.87. The Morgan fingerprint density at radius 1 is 1.30 bits per heavy atom. The second-order valence-corrected chi connectivity index (χ2v) is 6.46. The van der Waals surface area contributed by atoms with Crippen LogP contribution in [0.25, 0.3) is 11.0 Å². The van der Waals surface area contributed by atoms with Crippen LogP contribution in [0.4, 0.5) is 0 Å². The number of aromatic nitrogens is 2. The van der Waals surface area contributed by atoms with E-state index in [9.17, 15) is 9.59 Å². The summed E-state index contributed by atoms with van der Waals surface area (Å²) in [5.74, 6) is -0.163. The lowest BCUT2D eigenvalue weighted by atomic mass is 10.1. The van der Waals surface area contributed by atoms with Crippen molar-refractivity contribution in [2.75, 3.05) is 0 Å². The van der Waals surface area contributed by atoms with E-state index in [1.807, 2.05) is 12.3 Å². The SMILES string of the molecule is Cc1csc(C(=O)c2cc3[nH]c(=O)[nH]c3cc2Br)c1Cl. The Hall–Kier alpha value is -1.37. The maximum atomic E-state index is 12.5. The molecule has 0 aliphatic heterocycles. The predicted octanol–water partition coefficient (Wildman–Crippen LogP) is 3.87. The first kappa shape index (κ1) is 13.6. The molecule has 0 aliphatic rings. The fourth-order valence-electron chi connectivity index (χ4n) is 1.94. The number of rotatable bonds is 2. The molecule has 7 heteroatoms. The van der Waals surface area contributed by atoms with Crippen LogP contribution in [0, 0.1) is 6.92 Å². The number of hydrogen-bond donors (Lipinski definition) is 2. The zero-order valence-electron chi connectivity index (χ0n) is 10.2. The Kier molecular flexibility index (Phi) is 3.32. The van der Waals surface area contributed by atoms with Gasteiger partial charge in [0.25, 0.3) is 0 Å². The Morgan fingerprint density at radius 2 is 1.95 bits per heavy atom. The van der Waals surface area contributed by atoms with Crippen LogP contribution in [0.1, 0.15) is 20.8 Å². The van der Waals surface area contributed by atoms with Gasteiger partial charge >= 0.3 is 5.69 Å². The molecule has 2 heterocycles. The zero-order chi connectivity index (χ0) is 14.4. The topological polar surface area (TPSA) is 65.7 Å². The molecule has 0 saturated heterocycles. The largest absolute Gasteiger partial charge is 0.323 e. The smallest absolute Gasteiger partial charge is 0.306 e. The van der Waals surface area contributed by atoms with Gasteiger partial charge in [-0.25, -0.2) is 4.79 Å². The molecule has 2 N–H and O–H groups in total. The number of thiophene rings is 1. The summed E-state index contributed by atoms with van der Waals surface area (Å²) in [4.78, 5) is 29.6. The molecule has 0 bridgehead atoms. The van der Waals surface area contributed by atoms with Gasteiger partial charge < -0.3 is 9.97 Å². The van der Waals surface area contributed by atoms with Crippen LogP contribution in [0.3, 0.4) is 0 Å². The van der Waals surface area contributed by atoms with Gasteiger partial charge in [-0.05, 0) is 45.9 Å². The van der Waals surface area contributed by atoms with Crippen molar-refractivity contribution >= 4 is 55.7 Å². The van der Waals surface area contributed by atoms with E-state index in [2.05, 4.69) is 25.9 Å². The fourth-order valence-corrected chi connectivity index (χ4v) is 3.69. The summed E-state index contributed by atoms with van der Waals surface area (Å²) in [7, 11) is 0. The first-order valence-corrected chi connectivity index (χ1v) is 7.72. The lowest BCUT2D eigenvalue weighted by Gasteiger charge is -2.03. The summed E-state index contributed by atoms with van der Waals surface area (Å²) < 4.78 is 0.618. The van der Waals surface area contributed by atoms with Gasteiger partial charge in [0.05, 0.1) is 20.9 Å². The van der Waals surface area contributed by atoms with Crippen LogP contribution < -0.4 is 5.69 Å². The Morgan fingerprint density at radius 3 is 2.55 bits per heavy atom. The van der Waals surface area contributed by atoms with Crippen molar-refractivity contribution < 1.29 is 4.79 Å². The number of hydrogen-bond acceptors (Lipinski definition) is 3. The van der Waals surface area contributed by atoms with Crippen molar-refractivity contribution in [2.45, 2.75) is 6.92 Å². The number of imidazole rings is 1. The van der Waals surface area contributed by atoms with Crippen molar-refractivity contribution in [2.24, 2.45) is 0 Å². The molecule has 0 atom stereocenters. The van der Waals surface area contributed by atoms with Crippen LogP contribution in [-0.4, -0.2) is 15.8 Å². The van der Waals surface area contributed by atoms with Gasteiger partial charge in [-0.2, -0.15) is 0 Å². The van der Waals surface area contributed by atoms with Crippen molar-refractivity contribution in [3.05, 3.63) is 53.5 Å². The molecule has 2 aromatic heterocycles. The van der Waals surface area contributed by atoms with Crippen LogP contribution >= 0.6 is 38.9 Å². The molecule has 20 heavy (non-hydrogen) atoms. The van der Waals surface area contributed by atoms with Gasteiger partial charge in [-0.15, -0.1) is 11.3 Å². The van der Waals surface area contributed by atoms with Crippen LogP contribution in [0.5, 0.6) is 0 Å². The molecule has 0 fully saturated rings. The van der Waals surface area contributed by atoms with E-state index in [1.165, 1.54) is 11.3 Å². The number of H-pyrrole nitrogens is 2. The first-order valence-electron chi connectivity index (χ1n) is 5.67. The summed E-state index contributed by atoms with van der Waals surface area (Å²) in [5.41, 5.74) is 2.28. The number of ketones is 1. The fraction of sp³-hybridized carbons (Fsp3) is 0.0769. The van der Waals surface area contributed by atoms with Crippen molar-refractivity contribution in [1.82, 2.24) is 9.97 Å². The van der Waals surface area contributed by atoms with Gasteiger partial charge in [0.15, 0.2) is 0 Å². The standard InChI is InChI=1S/C13H8BrClN2O2S/c1-5-4-20-12(10(5)15)11(18)6-2-8-9(3-7(6)14)17-13(19)16-8/h2-4H,1H3,(H2,16,17,19). The van der Waals surface area contributed by atoms with Crippen molar-refractivity contribution in [1.29, 1.82) is 0 Å². The number of carbonyl (C=O) groups is 1. The predicted molar refractivity (Wildman–Crippen MR) is 84.1 cm³/mol. The van der Waals surface area contributed by atoms with Crippen molar-refractivity contribution in [3.63, 3.8) is 0 Å². The highest BCUT2D eigenvalue weighted by Crippen LogP contribution is 2.32. The highest BCUT2D eigenvalue weighted by molar-refractivity contribution is 9.10. The lowest BCUT2D eigenvalue weighted by molar-refractivity contribution is 0.104. The average Bonchev–Trinajstić information content (AvgIpc) is 2.91. The Balaban J connectivity index is 2.18. The second-order valence-electron chi connectivity index (χ2n) is 4.35. The highest BCUT2D eigenvalue weighted by atomic mass is 79.9. The molecule has 102 valence electrons. The van der Waals surface area contributed by atoms with Crippen LogP contribution in [0.2, 0.25) is 5.02 Å². The molecule has 0 radical (unpaired) electrons. The monoisotopic (exact) mass is 370 g/mol. The minimum Gasteiger partial charge on any atom is -0.306 e. The number of aromatic amines is 2. The number of benzene rings is 1. The van der Waals surface area contributed by atoms with E-state index in [-0.39, 0.29) is 11.5 Å². The summed E-state index contributed by atoms with van der Waals surface area (Å²) in [5, 5.41) is 2.33. The van der Waals surface area contributed by atoms with E-state index >= 15 is 0 Å². The molecule has 1 aromatic carbocycles. The minimum absolute atomic E-state index is 0.163. The minimum atomic E-state index is -0.304. The van der Waals surface area contributed by atoms with E-state index in [1.54, 1.807) is 12.1 Å². The summed E-state index contributed by atoms with van der Waals surface area (Å²) in [6.07, 6.45) is 0. The molecule has 0 saturated carbocycles. The number of halogens is 2. The Labute approximate surface area is 130 Å². The third-order valence-electron chi connectivity index (χ3n) is 2.95. The van der Waals surface area contributed by atoms with Gasteiger partial charge in [-0.3, -0.25) is 4.79 Å². The first-order chi connectivity index (χ1) is 9.47. The number of nitrogens with one attached hydrogen (secondary N) is 2. The molecule has 0 aliphatic carbocycles. The lowest BCUT2D eigenvalue weighted by Crippen LogP contribution is -2.01. The normalized spacial score (nSPS) is 11.2. The zero-order valence-corrected chi connectivity index (χ0v) is 13.4. The van der Waals surface area contributed by atoms with Gasteiger partial charge in [0, 0.05) is 10.0 Å². The van der Waals surface area contributed by atoms with E-state index < -0.39 is 0 Å². The van der Waals surface area contributed by atoms with Crippen molar-refractivity contribution in [3.8, 4) is 0 Å². The van der Waals surface area contributed by atoms with Gasteiger partial charge in [0.1, 0.15) is 0 Å². The van der Waals surface area contributed by atoms with E-state index in [0.29, 0.717) is 31.0 Å². The molecule has 0 unspecified atom stereocenters. The number of aryl methyl sites for hydroxylation is 1. The maximum absolute atomic E-state index is 12.5. The molecular formula is C13H8BrClN2O2S. The van der Waals surface area contributed by atoms with Crippen LogP contribution in [0.15, 0.2) is 26.8 Å². The third kappa shape index (κ3) is 2.13. The third-order valence-corrected chi connectivity index (χ3v) is 5.31. The van der Waals surface area contributed by atoms with E-state index in [0.717, 1.165) is 5.56 Å². The Bertz CT molecular complexity index is 894. The molecular weight excluding hydrogens is 364 g/mol. The number of fused-ring (bicyclic) bond motifs is 1. The van der Waals surface area contributed by atoms with Gasteiger partial charge in [0.2, 0.25) is 5.78 Å². The van der Waals surface area contributed by atoms with E-state index in [4.69, 9.17) is 11.6 Å².